The van der Waals surface area contributed by atoms with E-state index in [2.05, 4.69) is 64.9 Å². The normalized spacial score (nSPS) is 17.8. The molecule has 0 spiro atoms. The Kier molecular flexibility index (Phi) is 2.66. The van der Waals surface area contributed by atoms with E-state index in [1.807, 2.05) is 13.1 Å². The lowest BCUT2D eigenvalue weighted by Gasteiger charge is -2.27. The number of hydrogen-bond donors (Lipinski definition) is 0. The fourth-order valence-electron chi connectivity index (χ4n) is 2.54. The van der Waals surface area contributed by atoms with E-state index in [1.165, 1.54) is 11.3 Å². The molecule has 0 amide bonds. The molecule has 0 radical (unpaired) electrons. The quantitative estimate of drug-likeness (QED) is 0.783. The highest BCUT2D eigenvalue weighted by atomic mass is 15.5. The van der Waals surface area contributed by atoms with Gasteiger partial charge in [-0.25, -0.2) is 9.97 Å². The Morgan fingerprint density at radius 2 is 1.84 bits per heavy atom. The Bertz CT molecular complexity index is 623. The van der Waals surface area contributed by atoms with E-state index >= 15 is 0 Å². The molecule has 0 saturated heterocycles. The summed E-state index contributed by atoms with van der Waals surface area (Å²) in [5.74, 6) is 1.89. The van der Waals surface area contributed by atoms with E-state index in [-0.39, 0.29) is 6.17 Å². The van der Waals surface area contributed by atoms with Gasteiger partial charge in [-0.05, 0) is 32.4 Å². The first-order chi connectivity index (χ1) is 9.09. The monoisotopic (exact) mass is 254 g/mol. The van der Waals surface area contributed by atoms with E-state index in [0.29, 0.717) is 0 Å². The summed E-state index contributed by atoms with van der Waals surface area (Å²) < 4.78 is 0. The molecule has 0 bridgehead atoms. The van der Waals surface area contributed by atoms with E-state index in [4.69, 9.17) is 0 Å². The first-order valence-electron chi connectivity index (χ1n) is 6.51. The van der Waals surface area contributed by atoms with Gasteiger partial charge in [-0.15, -0.1) is 0 Å². The molecule has 3 rings (SSSR count). The van der Waals surface area contributed by atoms with Gasteiger partial charge < -0.3 is 9.80 Å². The molecular formula is C15H18N4. The predicted molar refractivity (Wildman–Crippen MR) is 78.0 cm³/mol. The van der Waals surface area contributed by atoms with Gasteiger partial charge in [0.2, 0.25) is 0 Å². The summed E-state index contributed by atoms with van der Waals surface area (Å²) in [6.45, 7) is 6.28. The standard InChI is InChI=1S/C15H18N4/c1-10-7-5-6-8-13(10)19-12(3)18(4)14-15(19)17-11(2)9-16-14/h5-9,12H,1-4H3. The minimum atomic E-state index is 0.220. The average molecular weight is 254 g/mol. The summed E-state index contributed by atoms with van der Waals surface area (Å²) in [4.78, 5) is 13.6. The van der Waals surface area contributed by atoms with Gasteiger partial charge in [0, 0.05) is 12.7 Å². The maximum atomic E-state index is 4.68. The second-order valence-electron chi connectivity index (χ2n) is 5.06. The number of nitrogens with zero attached hydrogens (tertiary/aromatic N) is 4. The van der Waals surface area contributed by atoms with Gasteiger partial charge in [0.15, 0.2) is 11.6 Å². The van der Waals surface area contributed by atoms with Crippen molar-refractivity contribution < 1.29 is 0 Å². The number of benzene rings is 1. The molecule has 1 aromatic heterocycles. The summed E-state index contributed by atoms with van der Waals surface area (Å²) >= 11 is 0. The lowest BCUT2D eigenvalue weighted by atomic mass is 10.2. The minimum Gasteiger partial charge on any atom is -0.336 e. The van der Waals surface area contributed by atoms with Crippen LogP contribution in [0.15, 0.2) is 30.5 Å². The molecular weight excluding hydrogens is 236 g/mol. The number of fused-ring (bicyclic) bond motifs is 1. The molecule has 19 heavy (non-hydrogen) atoms. The van der Waals surface area contributed by atoms with Gasteiger partial charge >= 0.3 is 0 Å². The second-order valence-corrected chi connectivity index (χ2v) is 5.06. The van der Waals surface area contributed by atoms with E-state index in [0.717, 1.165) is 17.3 Å². The Balaban J connectivity index is 2.18. The SMILES string of the molecule is Cc1cnc2c(n1)N(c1ccccc1C)C(C)N2C. The van der Waals surface area contributed by atoms with Crippen molar-refractivity contribution in [2.75, 3.05) is 16.8 Å². The van der Waals surface area contributed by atoms with Crippen LogP contribution in [0.1, 0.15) is 18.2 Å². The summed E-state index contributed by atoms with van der Waals surface area (Å²) in [6, 6.07) is 8.39. The van der Waals surface area contributed by atoms with Gasteiger partial charge in [0.1, 0.15) is 6.17 Å². The highest BCUT2D eigenvalue weighted by molar-refractivity contribution is 5.78. The molecule has 2 aromatic rings. The molecule has 1 aromatic carbocycles. The van der Waals surface area contributed by atoms with Crippen molar-refractivity contribution in [3.63, 3.8) is 0 Å². The number of hydrogen-bond acceptors (Lipinski definition) is 4. The number of aromatic nitrogens is 2. The number of anilines is 3. The molecule has 1 aliphatic rings. The molecule has 1 unspecified atom stereocenters. The van der Waals surface area contributed by atoms with Gasteiger partial charge in [0.25, 0.3) is 0 Å². The number of para-hydroxylation sites is 1. The van der Waals surface area contributed by atoms with Crippen molar-refractivity contribution in [1.82, 2.24) is 9.97 Å². The molecule has 1 aliphatic heterocycles. The van der Waals surface area contributed by atoms with Crippen molar-refractivity contribution in [2.24, 2.45) is 0 Å². The van der Waals surface area contributed by atoms with Crippen LogP contribution in [-0.4, -0.2) is 23.2 Å². The zero-order valence-corrected chi connectivity index (χ0v) is 11.8. The Labute approximate surface area is 113 Å². The second kappa shape index (κ2) is 4.23. The fourth-order valence-corrected chi connectivity index (χ4v) is 2.54. The first-order valence-corrected chi connectivity index (χ1v) is 6.51. The first kappa shape index (κ1) is 12.0. The molecule has 0 fully saturated rings. The third kappa shape index (κ3) is 1.75. The van der Waals surface area contributed by atoms with Crippen LogP contribution in [0.5, 0.6) is 0 Å². The Morgan fingerprint density at radius 3 is 2.58 bits per heavy atom. The molecule has 1 atom stereocenters. The molecule has 0 aliphatic carbocycles. The third-order valence-corrected chi connectivity index (χ3v) is 3.73. The smallest absolute Gasteiger partial charge is 0.178 e. The van der Waals surface area contributed by atoms with Crippen LogP contribution in [0.4, 0.5) is 17.3 Å². The Morgan fingerprint density at radius 1 is 1.11 bits per heavy atom. The maximum Gasteiger partial charge on any atom is 0.178 e. The average Bonchev–Trinajstić information content (AvgIpc) is 2.63. The van der Waals surface area contributed by atoms with Crippen molar-refractivity contribution in [1.29, 1.82) is 0 Å². The lowest BCUT2D eigenvalue weighted by Crippen LogP contribution is -2.36. The predicted octanol–water partition coefficient (Wildman–Crippen LogP) is 3.03. The summed E-state index contributed by atoms with van der Waals surface area (Å²) in [5.41, 5.74) is 3.39. The topological polar surface area (TPSA) is 32.3 Å². The third-order valence-electron chi connectivity index (χ3n) is 3.73. The molecule has 98 valence electrons. The van der Waals surface area contributed by atoms with Crippen LogP contribution >= 0.6 is 0 Å². The van der Waals surface area contributed by atoms with Gasteiger partial charge in [-0.3, -0.25) is 0 Å². The van der Waals surface area contributed by atoms with Crippen molar-refractivity contribution >= 4 is 17.3 Å². The molecule has 0 N–H and O–H groups in total. The van der Waals surface area contributed by atoms with Gasteiger partial charge in [-0.1, -0.05) is 18.2 Å². The molecule has 4 heteroatoms. The van der Waals surface area contributed by atoms with Crippen LogP contribution in [0, 0.1) is 13.8 Å². The summed E-state index contributed by atoms with van der Waals surface area (Å²) in [5, 5.41) is 0. The zero-order valence-electron chi connectivity index (χ0n) is 11.8. The van der Waals surface area contributed by atoms with Crippen LogP contribution in [0.25, 0.3) is 0 Å². The highest BCUT2D eigenvalue weighted by Gasteiger charge is 2.34. The molecule has 4 nitrogen and oxygen atoms in total. The van der Waals surface area contributed by atoms with Gasteiger partial charge in [0.05, 0.1) is 11.9 Å². The largest absolute Gasteiger partial charge is 0.336 e. The van der Waals surface area contributed by atoms with E-state index < -0.39 is 0 Å². The number of rotatable bonds is 1. The highest BCUT2D eigenvalue weighted by Crippen LogP contribution is 2.41. The lowest BCUT2D eigenvalue weighted by molar-refractivity contribution is 0.726. The zero-order chi connectivity index (χ0) is 13.6. The van der Waals surface area contributed by atoms with Crippen LogP contribution in [0.2, 0.25) is 0 Å². The van der Waals surface area contributed by atoms with E-state index in [1.54, 1.807) is 0 Å². The molecule has 0 saturated carbocycles. The van der Waals surface area contributed by atoms with Crippen LogP contribution in [0.3, 0.4) is 0 Å². The van der Waals surface area contributed by atoms with Gasteiger partial charge in [-0.2, -0.15) is 0 Å². The van der Waals surface area contributed by atoms with E-state index in [9.17, 15) is 0 Å². The Hall–Kier alpha value is -2.10. The fraction of sp³-hybridized carbons (Fsp3) is 0.333. The van der Waals surface area contributed by atoms with Crippen molar-refractivity contribution in [3.05, 3.63) is 41.7 Å². The summed E-state index contributed by atoms with van der Waals surface area (Å²) in [7, 11) is 2.06. The van der Waals surface area contributed by atoms with Crippen molar-refractivity contribution in [3.8, 4) is 0 Å². The number of aryl methyl sites for hydroxylation is 2. The van der Waals surface area contributed by atoms with Crippen LogP contribution < -0.4 is 9.80 Å². The maximum absolute atomic E-state index is 4.68. The van der Waals surface area contributed by atoms with Crippen LogP contribution in [-0.2, 0) is 0 Å². The van der Waals surface area contributed by atoms with Crippen molar-refractivity contribution in [2.45, 2.75) is 26.9 Å². The molecule has 2 heterocycles. The minimum absolute atomic E-state index is 0.220. The summed E-state index contributed by atoms with van der Waals surface area (Å²) in [6.07, 6.45) is 2.04.